The lowest BCUT2D eigenvalue weighted by atomic mass is 10.1. The number of nitrogens with one attached hydrogen (secondary N) is 1. The van der Waals surface area contributed by atoms with Crippen LogP contribution in [0.4, 0.5) is 18.9 Å². The predicted molar refractivity (Wildman–Crippen MR) is 103 cm³/mol. The summed E-state index contributed by atoms with van der Waals surface area (Å²) >= 11 is 0. The first kappa shape index (κ1) is 20.1. The average molecular weight is 420 g/mol. The summed E-state index contributed by atoms with van der Waals surface area (Å²) in [7, 11) is 1.44. The first-order valence-corrected chi connectivity index (χ1v) is 9.35. The molecule has 1 fully saturated rings. The molecule has 4 rings (SSSR count). The summed E-state index contributed by atoms with van der Waals surface area (Å²) in [6.07, 6.45) is -1.04. The second kappa shape index (κ2) is 7.94. The fourth-order valence-electron chi connectivity index (χ4n) is 3.38. The number of rotatable bonds is 4. The van der Waals surface area contributed by atoms with Gasteiger partial charge in [0.1, 0.15) is 17.1 Å². The number of pyridine rings is 1. The van der Waals surface area contributed by atoms with E-state index in [9.17, 15) is 18.0 Å². The van der Waals surface area contributed by atoms with E-state index in [4.69, 9.17) is 9.47 Å². The molecule has 2 aromatic heterocycles. The number of halogens is 3. The zero-order valence-electron chi connectivity index (χ0n) is 16.1. The minimum absolute atomic E-state index is 0.226. The number of carbonyl (C=O) groups is 1. The number of carbonyl (C=O) groups excluding carboxylic acids is 1. The maximum Gasteiger partial charge on any atom is 0.433 e. The van der Waals surface area contributed by atoms with Crippen LogP contribution in [0.25, 0.3) is 10.9 Å². The van der Waals surface area contributed by atoms with Crippen LogP contribution in [0, 0.1) is 0 Å². The van der Waals surface area contributed by atoms with Gasteiger partial charge in [-0.1, -0.05) is 6.07 Å². The van der Waals surface area contributed by atoms with Crippen molar-refractivity contribution >= 4 is 22.5 Å². The largest absolute Gasteiger partial charge is 0.494 e. The van der Waals surface area contributed by atoms with Gasteiger partial charge < -0.3 is 14.8 Å². The highest BCUT2D eigenvalue weighted by molar-refractivity contribution is 6.05. The molecule has 0 atom stereocenters. The van der Waals surface area contributed by atoms with Gasteiger partial charge >= 0.3 is 6.18 Å². The first-order valence-electron chi connectivity index (χ1n) is 9.35. The number of nitrogens with zero attached hydrogens (tertiary/aromatic N) is 3. The van der Waals surface area contributed by atoms with Gasteiger partial charge in [-0.2, -0.15) is 18.3 Å². The van der Waals surface area contributed by atoms with E-state index in [0.29, 0.717) is 30.2 Å². The SMILES string of the molecule is COc1cc2nn(C3CCOCC3)cc2cc1NC(=O)c1cccc(C(F)(F)F)n1. The molecular formula is C20H19F3N4O3. The molecule has 1 amide bonds. The molecule has 1 N–H and O–H groups in total. The molecule has 1 saturated heterocycles. The Bertz CT molecular complexity index is 1070. The Morgan fingerprint density at radius 2 is 2.03 bits per heavy atom. The Hall–Kier alpha value is -3.14. The zero-order valence-corrected chi connectivity index (χ0v) is 16.1. The monoisotopic (exact) mass is 420 g/mol. The van der Waals surface area contributed by atoms with Gasteiger partial charge in [-0.05, 0) is 31.0 Å². The third-order valence-electron chi connectivity index (χ3n) is 4.93. The Morgan fingerprint density at radius 1 is 1.27 bits per heavy atom. The van der Waals surface area contributed by atoms with Crippen molar-refractivity contribution in [3.05, 3.63) is 47.9 Å². The molecule has 158 valence electrons. The number of fused-ring (bicyclic) bond motifs is 1. The molecule has 0 saturated carbocycles. The van der Waals surface area contributed by atoms with E-state index >= 15 is 0 Å². The maximum atomic E-state index is 12.9. The van der Waals surface area contributed by atoms with E-state index in [-0.39, 0.29) is 11.7 Å². The fraction of sp³-hybridized carbons (Fsp3) is 0.350. The number of hydrogen-bond donors (Lipinski definition) is 1. The van der Waals surface area contributed by atoms with Crippen molar-refractivity contribution in [2.75, 3.05) is 25.6 Å². The predicted octanol–water partition coefficient (Wildman–Crippen LogP) is 4.06. The van der Waals surface area contributed by atoms with Crippen molar-refractivity contribution in [1.29, 1.82) is 0 Å². The molecule has 1 aliphatic rings. The van der Waals surface area contributed by atoms with Crippen LogP contribution in [0.15, 0.2) is 36.5 Å². The lowest BCUT2D eigenvalue weighted by Gasteiger charge is -2.22. The van der Waals surface area contributed by atoms with Crippen LogP contribution in [0.5, 0.6) is 5.75 Å². The minimum atomic E-state index is -4.63. The number of hydrogen-bond acceptors (Lipinski definition) is 5. The van der Waals surface area contributed by atoms with E-state index in [1.165, 1.54) is 13.2 Å². The van der Waals surface area contributed by atoms with Crippen LogP contribution in [0.1, 0.15) is 35.1 Å². The minimum Gasteiger partial charge on any atom is -0.494 e. The van der Waals surface area contributed by atoms with E-state index < -0.39 is 17.8 Å². The molecule has 10 heteroatoms. The van der Waals surface area contributed by atoms with Crippen molar-refractivity contribution in [3.8, 4) is 5.75 Å². The standard InChI is InChI=1S/C20H19F3N4O3/c1-29-17-10-15-12(11-27(26-15)13-5-7-30-8-6-13)9-16(17)25-19(28)14-3-2-4-18(24-14)20(21,22)23/h2-4,9-11,13H,5-8H2,1H3,(H,25,28). The number of benzene rings is 1. The molecule has 3 aromatic rings. The Morgan fingerprint density at radius 3 is 2.73 bits per heavy atom. The van der Waals surface area contributed by atoms with Crippen LogP contribution in [0.2, 0.25) is 0 Å². The number of ether oxygens (including phenoxy) is 2. The molecule has 0 bridgehead atoms. The van der Waals surface area contributed by atoms with E-state index in [2.05, 4.69) is 15.4 Å². The molecular weight excluding hydrogens is 401 g/mol. The van der Waals surface area contributed by atoms with Crippen molar-refractivity contribution in [2.24, 2.45) is 0 Å². The van der Waals surface area contributed by atoms with Crippen molar-refractivity contribution in [2.45, 2.75) is 25.1 Å². The summed E-state index contributed by atoms with van der Waals surface area (Å²) in [6.45, 7) is 1.35. The van der Waals surface area contributed by atoms with Gasteiger partial charge in [-0.15, -0.1) is 0 Å². The lowest BCUT2D eigenvalue weighted by molar-refractivity contribution is -0.141. The average Bonchev–Trinajstić information content (AvgIpc) is 3.16. The van der Waals surface area contributed by atoms with E-state index in [1.807, 2.05) is 10.9 Å². The highest BCUT2D eigenvalue weighted by Crippen LogP contribution is 2.32. The summed E-state index contributed by atoms with van der Waals surface area (Å²) in [5, 5.41) is 7.95. The molecule has 3 heterocycles. The first-order chi connectivity index (χ1) is 14.3. The highest BCUT2D eigenvalue weighted by atomic mass is 19.4. The summed E-state index contributed by atoms with van der Waals surface area (Å²) in [4.78, 5) is 15.9. The number of alkyl halides is 3. The molecule has 1 aromatic carbocycles. The molecule has 30 heavy (non-hydrogen) atoms. The van der Waals surface area contributed by atoms with Gasteiger partial charge in [-0.25, -0.2) is 4.98 Å². The fourth-order valence-corrected chi connectivity index (χ4v) is 3.38. The summed E-state index contributed by atoms with van der Waals surface area (Å²) < 4.78 is 51.2. The van der Waals surface area contributed by atoms with Gasteiger partial charge in [0.15, 0.2) is 0 Å². The second-order valence-corrected chi connectivity index (χ2v) is 6.92. The smallest absolute Gasteiger partial charge is 0.433 e. The Balaban J connectivity index is 1.62. The van der Waals surface area contributed by atoms with E-state index in [1.54, 1.807) is 12.1 Å². The summed E-state index contributed by atoms with van der Waals surface area (Å²) in [5.41, 5.74) is -0.463. The molecule has 0 aliphatic carbocycles. The molecule has 1 aliphatic heterocycles. The van der Waals surface area contributed by atoms with Gasteiger partial charge in [0.2, 0.25) is 0 Å². The number of aromatic nitrogens is 3. The molecule has 7 nitrogen and oxygen atoms in total. The zero-order chi connectivity index (χ0) is 21.3. The summed E-state index contributed by atoms with van der Waals surface area (Å²) in [6, 6.07) is 6.77. The number of anilines is 1. The topological polar surface area (TPSA) is 78.3 Å². The van der Waals surface area contributed by atoms with Crippen LogP contribution in [-0.4, -0.2) is 41.0 Å². The van der Waals surface area contributed by atoms with Gasteiger partial charge in [-0.3, -0.25) is 9.48 Å². The maximum absolute atomic E-state index is 12.9. The number of amides is 1. The van der Waals surface area contributed by atoms with Crippen molar-refractivity contribution in [3.63, 3.8) is 0 Å². The molecule has 0 radical (unpaired) electrons. The van der Waals surface area contributed by atoms with Crippen molar-refractivity contribution < 1.29 is 27.4 Å². The normalized spacial score (nSPS) is 15.3. The lowest BCUT2D eigenvalue weighted by Crippen LogP contribution is -2.19. The third-order valence-corrected chi connectivity index (χ3v) is 4.93. The second-order valence-electron chi connectivity index (χ2n) is 6.92. The van der Waals surface area contributed by atoms with E-state index in [0.717, 1.165) is 30.4 Å². The molecule has 0 unspecified atom stereocenters. The quantitative estimate of drug-likeness (QED) is 0.689. The van der Waals surface area contributed by atoms with Crippen LogP contribution < -0.4 is 10.1 Å². The molecule has 0 spiro atoms. The van der Waals surface area contributed by atoms with Gasteiger partial charge in [0.05, 0.1) is 24.4 Å². The van der Waals surface area contributed by atoms with Crippen LogP contribution in [-0.2, 0) is 10.9 Å². The van der Waals surface area contributed by atoms with Gasteiger partial charge in [0, 0.05) is 30.9 Å². The summed E-state index contributed by atoms with van der Waals surface area (Å²) in [5.74, 6) is -0.421. The Labute approximate surface area is 169 Å². The number of methoxy groups -OCH3 is 1. The third kappa shape index (κ3) is 4.09. The van der Waals surface area contributed by atoms with Gasteiger partial charge in [0.25, 0.3) is 5.91 Å². The highest BCUT2D eigenvalue weighted by Gasteiger charge is 2.33. The van der Waals surface area contributed by atoms with Crippen LogP contribution in [0.3, 0.4) is 0 Å². The van der Waals surface area contributed by atoms with Crippen LogP contribution >= 0.6 is 0 Å². The Kier molecular flexibility index (Phi) is 5.33. The van der Waals surface area contributed by atoms with Crippen molar-refractivity contribution in [1.82, 2.24) is 14.8 Å².